The lowest BCUT2D eigenvalue weighted by molar-refractivity contribution is -0.138. The predicted molar refractivity (Wildman–Crippen MR) is 57.6 cm³/mol. The first-order valence-corrected chi connectivity index (χ1v) is 6.19. The third-order valence-corrected chi connectivity index (χ3v) is 3.61. The van der Waals surface area contributed by atoms with Gasteiger partial charge in [0.05, 0.1) is 18.6 Å². The Morgan fingerprint density at radius 2 is 2.24 bits per heavy atom. The van der Waals surface area contributed by atoms with Gasteiger partial charge in [-0.05, 0) is 0 Å². The van der Waals surface area contributed by atoms with Crippen LogP contribution in [0.25, 0.3) is 0 Å². The molecule has 0 amide bonds. The number of aromatic nitrogens is 2. The highest BCUT2D eigenvalue weighted by molar-refractivity contribution is 7.15. The molecule has 0 aliphatic carbocycles. The van der Waals surface area contributed by atoms with Crippen LogP contribution in [0, 0.1) is 0 Å². The monoisotopic (exact) mass is 287 g/mol. The number of hydrogen-bond donors (Lipinski definition) is 0. The molecule has 96 valence electrons. The molecule has 1 fully saturated rings. The Balaban J connectivity index is 2.09. The molecule has 1 aliphatic heterocycles. The molecule has 4 nitrogen and oxygen atoms in total. The van der Waals surface area contributed by atoms with Crippen molar-refractivity contribution in [3.63, 3.8) is 0 Å². The number of ether oxygens (including phenoxy) is 1. The summed E-state index contributed by atoms with van der Waals surface area (Å²) < 4.78 is 42.4. The van der Waals surface area contributed by atoms with Crippen LogP contribution in [0.1, 0.15) is 5.01 Å². The van der Waals surface area contributed by atoms with Gasteiger partial charge in [-0.25, -0.2) is 0 Å². The summed E-state index contributed by atoms with van der Waals surface area (Å²) in [5, 5.41) is 6.02. The van der Waals surface area contributed by atoms with Crippen molar-refractivity contribution in [1.29, 1.82) is 0 Å². The zero-order valence-corrected chi connectivity index (χ0v) is 10.1. The summed E-state index contributed by atoms with van der Waals surface area (Å²) in [6.45, 7) is 1.37. The molecular weight excluding hydrogens is 279 g/mol. The minimum absolute atomic E-state index is 0.177. The van der Waals surface area contributed by atoms with Crippen LogP contribution >= 0.6 is 22.9 Å². The standard InChI is InChI=1S/C8H9ClF3N3OS/c9-3-5-4-15(1-2-16-5)7-14-13-6(17-7)8(10,11)12/h5H,1-4H2. The molecule has 0 aromatic carbocycles. The Labute approximate surface area is 104 Å². The van der Waals surface area contributed by atoms with Gasteiger partial charge >= 0.3 is 6.18 Å². The van der Waals surface area contributed by atoms with Crippen LogP contribution in [0.2, 0.25) is 0 Å². The van der Waals surface area contributed by atoms with Gasteiger partial charge in [0.1, 0.15) is 0 Å². The second kappa shape index (κ2) is 4.95. The van der Waals surface area contributed by atoms with Crippen molar-refractivity contribution in [3.05, 3.63) is 5.01 Å². The topological polar surface area (TPSA) is 38.2 Å². The lowest BCUT2D eigenvalue weighted by Gasteiger charge is -2.31. The van der Waals surface area contributed by atoms with Crippen LogP contribution in [-0.4, -0.2) is 41.9 Å². The number of nitrogens with zero attached hydrogens (tertiary/aromatic N) is 3. The van der Waals surface area contributed by atoms with E-state index in [9.17, 15) is 13.2 Å². The minimum atomic E-state index is -4.44. The SMILES string of the molecule is FC(F)(F)c1nnc(N2CCOC(CCl)C2)s1. The van der Waals surface area contributed by atoms with E-state index in [-0.39, 0.29) is 11.2 Å². The number of hydrogen-bond acceptors (Lipinski definition) is 5. The molecule has 0 radical (unpaired) electrons. The van der Waals surface area contributed by atoms with Gasteiger partial charge in [0.2, 0.25) is 10.1 Å². The highest BCUT2D eigenvalue weighted by Gasteiger charge is 2.36. The lowest BCUT2D eigenvalue weighted by atomic mass is 10.3. The molecule has 17 heavy (non-hydrogen) atoms. The summed E-state index contributed by atoms with van der Waals surface area (Å²) in [5.41, 5.74) is 0. The molecule has 9 heteroatoms. The molecule has 0 spiro atoms. The first kappa shape index (κ1) is 12.8. The summed E-state index contributed by atoms with van der Waals surface area (Å²) in [6, 6.07) is 0. The second-order valence-electron chi connectivity index (χ2n) is 3.48. The molecule has 1 aromatic rings. The van der Waals surface area contributed by atoms with E-state index < -0.39 is 11.2 Å². The second-order valence-corrected chi connectivity index (χ2v) is 4.75. The van der Waals surface area contributed by atoms with E-state index in [2.05, 4.69) is 10.2 Å². The highest BCUT2D eigenvalue weighted by Crippen LogP contribution is 2.34. The first-order chi connectivity index (χ1) is 8.00. The molecular formula is C8H9ClF3N3OS. The van der Waals surface area contributed by atoms with Gasteiger partial charge in [-0.3, -0.25) is 0 Å². The third kappa shape index (κ3) is 2.99. The number of rotatable bonds is 2. The maximum atomic E-state index is 12.4. The van der Waals surface area contributed by atoms with Gasteiger partial charge in [-0.15, -0.1) is 21.8 Å². The van der Waals surface area contributed by atoms with E-state index in [1.807, 2.05) is 0 Å². The van der Waals surface area contributed by atoms with Crippen LogP contribution in [0.15, 0.2) is 0 Å². The van der Waals surface area contributed by atoms with E-state index in [0.717, 1.165) is 0 Å². The maximum Gasteiger partial charge on any atom is 0.445 e. The minimum Gasteiger partial charge on any atom is -0.373 e. The smallest absolute Gasteiger partial charge is 0.373 e. The highest BCUT2D eigenvalue weighted by atomic mass is 35.5. The van der Waals surface area contributed by atoms with Crippen LogP contribution < -0.4 is 4.90 Å². The fourth-order valence-electron chi connectivity index (χ4n) is 1.44. The average Bonchev–Trinajstić information content (AvgIpc) is 2.78. The molecule has 1 aliphatic rings. The van der Waals surface area contributed by atoms with E-state index in [0.29, 0.717) is 36.9 Å². The summed E-state index contributed by atoms with van der Waals surface area (Å²) >= 11 is 6.19. The van der Waals surface area contributed by atoms with Gasteiger partial charge in [0.25, 0.3) is 0 Å². The quantitative estimate of drug-likeness (QED) is 0.780. The zero-order chi connectivity index (χ0) is 12.5. The van der Waals surface area contributed by atoms with Crippen molar-refractivity contribution in [3.8, 4) is 0 Å². The molecule has 1 aromatic heterocycles. The van der Waals surface area contributed by atoms with E-state index in [1.165, 1.54) is 0 Å². The van der Waals surface area contributed by atoms with Crippen molar-refractivity contribution < 1.29 is 17.9 Å². The fraction of sp³-hybridized carbons (Fsp3) is 0.750. The number of halogens is 4. The summed E-state index contributed by atoms with van der Waals surface area (Å²) in [6.07, 6.45) is -4.61. The average molecular weight is 288 g/mol. The van der Waals surface area contributed by atoms with E-state index in [1.54, 1.807) is 4.90 Å². The van der Waals surface area contributed by atoms with Gasteiger partial charge in [0.15, 0.2) is 0 Å². The van der Waals surface area contributed by atoms with Gasteiger partial charge in [-0.2, -0.15) is 13.2 Å². The molecule has 2 rings (SSSR count). The first-order valence-electron chi connectivity index (χ1n) is 4.84. The van der Waals surface area contributed by atoms with Crippen LogP contribution in [0.5, 0.6) is 0 Å². The Kier molecular flexibility index (Phi) is 3.74. The van der Waals surface area contributed by atoms with Gasteiger partial charge in [0, 0.05) is 13.1 Å². The van der Waals surface area contributed by atoms with E-state index in [4.69, 9.17) is 16.3 Å². The maximum absolute atomic E-state index is 12.4. The van der Waals surface area contributed by atoms with E-state index >= 15 is 0 Å². The Morgan fingerprint density at radius 3 is 2.82 bits per heavy atom. The largest absolute Gasteiger partial charge is 0.445 e. The Bertz CT molecular complexity index is 386. The Hall–Kier alpha value is -0.600. The number of anilines is 1. The van der Waals surface area contributed by atoms with Crippen molar-refractivity contribution in [1.82, 2.24) is 10.2 Å². The molecule has 1 saturated heterocycles. The number of morpholine rings is 1. The van der Waals surface area contributed by atoms with Crippen molar-refractivity contribution in [2.24, 2.45) is 0 Å². The van der Waals surface area contributed by atoms with Gasteiger partial charge in [-0.1, -0.05) is 11.3 Å². The molecule has 0 bridgehead atoms. The van der Waals surface area contributed by atoms with Crippen LogP contribution in [0.4, 0.5) is 18.3 Å². The van der Waals surface area contributed by atoms with Crippen molar-refractivity contribution >= 4 is 28.1 Å². The lowest BCUT2D eigenvalue weighted by Crippen LogP contribution is -2.43. The third-order valence-electron chi connectivity index (χ3n) is 2.24. The zero-order valence-electron chi connectivity index (χ0n) is 8.58. The fourth-order valence-corrected chi connectivity index (χ4v) is 2.38. The Morgan fingerprint density at radius 1 is 1.47 bits per heavy atom. The van der Waals surface area contributed by atoms with Gasteiger partial charge < -0.3 is 9.64 Å². The van der Waals surface area contributed by atoms with Crippen molar-refractivity contribution in [2.45, 2.75) is 12.3 Å². The summed E-state index contributed by atoms with van der Waals surface area (Å²) in [5.74, 6) is 0.307. The summed E-state index contributed by atoms with van der Waals surface area (Å²) in [7, 11) is 0. The summed E-state index contributed by atoms with van der Waals surface area (Å²) in [4.78, 5) is 1.71. The van der Waals surface area contributed by atoms with Crippen LogP contribution in [-0.2, 0) is 10.9 Å². The molecule has 1 atom stereocenters. The number of alkyl halides is 4. The molecule has 1 unspecified atom stereocenters. The predicted octanol–water partition coefficient (Wildman–Crippen LogP) is 2.00. The normalized spacial score (nSPS) is 21.9. The van der Waals surface area contributed by atoms with Crippen molar-refractivity contribution in [2.75, 3.05) is 30.5 Å². The molecule has 0 N–H and O–H groups in total. The molecule has 0 saturated carbocycles. The van der Waals surface area contributed by atoms with Crippen LogP contribution in [0.3, 0.4) is 0 Å². The molecule has 2 heterocycles.